The summed E-state index contributed by atoms with van der Waals surface area (Å²) in [6.07, 6.45) is 4.44. The molecule has 1 aromatic rings. The predicted molar refractivity (Wildman–Crippen MR) is 63.2 cm³/mol. The van der Waals surface area contributed by atoms with Crippen molar-refractivity contribution in [2.75, 3.05) is 6.54 Å². The maximum atomic E-state index is 9.32. The smallest absolute Gasteiger partial charge is 0.112 e. The van der Waals surface area contributed by atoms with E-state index in [4.69, 9.17) is 5.73 Å². The first-order valence-electron chi connectivity index (χ1n) is 6.17. The second-order valence-electron chi connectivity index (χ2n) is 4.61. The zero-order valence-corrected chi connectivity index (χ0v) is 9.95. The lowest BCUT2D eigenvalue weighted by molar-refractivity contribution is 0.275. The number of rotatable bonds is 4. The Morgan fingerprint density at radius 1 is 1.50 bits per heavy atom. The third-order valence-electron chi connectivity index (χ3n) is 3.42. The summed E-state index contributed by atoms with van der Waals surface area (Å²) in [5.41, 5.74) is 7.71. The number of nitrogens with two attached hydrogens (primary N) is 1. The predicted octanol–water partition coefficient (Wildman–Crippen LogP) is 1.16. The summed E-state index contributed by atoms with van der Waals surface area (Å²) >= 11 is 0. The SMILES string of the molecule is CC(CCN)c1nc(CO)c2n1CCCC2. The molecule has 0 amide bonds. The standard InChI is InChI=1S/C12H21N3O/c1-9(5-6-13)12-14-10(8-16)11-4-2-3-7-15(11)12/h9,16H,2-8,13H2,1H3. The minimum atomic E-state index is 0.0602. The van der Waals surface area contributed by atoms with Crippen LogP contribution in [0.3, 0.4) is 0 Å². The first-order chi connectivity index (χ1) is 7.77. The van der Waals surface area contributed by atoms with Gasteiger partial charge in [-0.3, -0.25) is 0 Å². The highest BCUT2D eigenvalue weighted by Crippen LogP contribution is 2.26. The second-order valence-corrected chi connectivity index (χ2v) is 4.61. The second kappa shape index (κ2) is 4.97. The van der Waals surface area contributed by atoms with E-state index in [9.17, 15) is 5.11 Å². The van der Waals surface area contributed by atoms with Gasteiger partial charge in [0.25, 0.3) is 0 Å². The summed E-state index contributed by atoms with van der Waals surface area (Å²) in [4.78, 5) is 4.59. The molecule has 1 aliphatic heterocycles. The van der Waals surface area contributed by atoms with Gasteiger partial charge in [-0.1, -0.05) is 6.92 Å². The lowest BCUT2D eigenvalue weighted by Crippen LogP contribution is -2.16. The molecule has 0 saturated carbocycles. The Bertz CT molecular complexity index is 359. The summed E-state index contributed by atoms with van der Waals surface area (Å²) < 4.78 is 2.30. The number of fused-ring (bicyclic) bond motifs is 1. The molecule has 1 aliphatic rings. The number of aromatic nitrogens is 2. The van der Waals surface area contributed by atoms with E-state index in [0.29, 0.717) is 12.5 Å². The maximum Gasteiger partial charge on any atom is 0.112 e. The Kier molecular flexibility index (Phi) is 3.61. The van der Waals surface area contributed by atoms with E-state index in [-0.39, 0.29) is 6.61 Å². The van der Waals surface area contributed by atoms with E-state index >= 15 is 0 Å². The molecule has 90 valence electrons. The van der Waals surface area contributed by atoms with Crippen LogP contribution in [0, 0.1) is 0 Å². The van der Waals surface area contributed by atoms with E-state index in [2.05, 4.69) is 16.5 Å². The molecule has 1 aromatic heterocycles. The van der Waals surface area contributed by atoms with Crippen molar-refractivity contribution in [1.82, 2.24) is 9.55 Å². The van der Waals surface area contributed by atoms with Crippen LogP contribution in [0.1, 0.15) is 49.3 Å². The molecule has 4 nitrogen and oxygen atoms in total. The van der Waals surface area contributed by atoms with Crippen LogP contribution in [0.25, 0.3) is 0 Å². The topological polar surface area (TPSA) is 64.1 Å². The van der Waals surface area contributed by atoms with Crippen LogP contribution in [0.5, 0.6) is 0 Å². The van der Waals surface area contributed by atoms with Crippen LogP contribution in [0.2, 0.25) is 0 Å². The summed E-state index contributed by atoms with van der Waals surface area (Å²) in [6, 6.07) is 0. The van der Waals surface area contributed by atoms with Crippen LogP contribution in [0.4, 0.5) is 0 Å². The zero-order chi connectivity index (χ0) is 11.5. The van der Waals surface area contributed by atoms with E-state index in [1.165, 1.54) is 18.5 Å². The van der Waals surface area contributed by atoms with Crippen molar-refractivity contribution in [3.63, 3.8) is 0 Å². The van der Waals surface area contributed by atoms with Crippen molar-refractivity contribution in [3.8, 4) is 0 Å². The minimum absolute atomic E-state index is 0.0602. The van der Waals surface area contributed by atoms with Crippen LogP contribution >= 0.6 is 0 Å². The zero-order valence-electron chi connectivity index (χ0n) is 9.95. The molecule has 1 unspecified atom stereocenters. The third-order valence-corrected chi connectivity index (χ3v) is 3.42. The van der Waals surface area contributed by atoms with Gasteiger partial charge in [-0.15, -0.1) is 0 Å². The molecule has 0 spiro atoms. The highest BCUT2D eigenvalue weighted by Gasteiger charge is 2.22. The number of aliphatic hydroxyl groups excluding tert-OH is 1. The monoisotopic (exact) mass is 223 g/mol. The van der Waals surface area contributed by atoms with Crippen molar-refractivity contribution in [2.24, 2.45) is 5.73 Å². The number of hydrogen-bond donors (Lipinski definition) is 2. The lowest BCUT2D eigenvalue weighted by Gasteiger charge is -2.19. The van der Waals surface area contributed by atoms with Crippen molar-refractivity contribution < 1.29 is 5.11 Å². The highest BCUT2D eigenvalue weighted by atomic mass is 16.3. The number of imidazole rings is 1. The molecule has 0 radical (unpaired) electrons. The number of hydrogen-bond acceptors (Lipinski definition) is 3. The molecule has 4 heteroatoms. The van der Waals surface area contributed by atoms with Crippen LogP contribution in [-0.4, -0.2) is 21.2 Å². The first-order valence-corrected chi connectivity index (χ1v) is 6.17. The maximum absolute atomic E-state index is 9.32. The Morgan fingerprint density at radius 2 is 2.31 bits per heavy atom. The van der Waals surface area contributed by atoms with Crippen LogP contribution in [-0.2, 0) is 19.6 Å². The largest absolute Gasteiger partial charge is 0.390 e. The normalized spacial score (nSPS) is 17.2. The Hall–Kier alpha value is -0.870. The molecule has 0 aromatic carbocycles. The van der Waals surface area contributed by atoms with E-state index in [0.717, 1.165) is 30.9 Å². The first kappa shape index (κ1) is 11.6. The molecule has 0 fully saturated rings. The van der Waals surface area contributed by atoms with Gasteiger partial charge in [-0.25, -0.2) is 4.98 Å². The molecule has 2 heterocycles. The fourth-order valence-electron chi connectivity index (χ4n) is 2.53. The molecule has 0 bridgehead atoms. The fourth-order valence-corrected chi connectivity index (χ4v) is 2.53. The molecule has 2 rings (SSSR count). The van der Waals surface area contributed by atoms with Crippen molar-refractivity contribution in [2.45, 2.75) is 51.7 Å². The van der Waals surface area contributed by atoms with Gasteiger partial charge >= 0.3 is 0 Å². The van der Waals surface area contributed by atoms with Gasteiger partial charge in [0, 0.05) is 18.2 Å². The van der Waals surface area contributed by atoms with Crippen molar-refractivity contribution in [1.29, 1.82) is 0 Å². The molecule has 16 heavy (non-hydrogen) atoms. The van der Waals surface area contributed by atoms with Crippen molar-refractivity contribution in [3.05, 3.63) is 17.2 Å². The molecule has 0 aliphatic carbocycles. The fraction of sp³-hybridized carbons (Fsp3) is 0.750. The lowest BCUT2D eigenvalue weighted by atomic mass is 10.1. The number of aliphatic hydroxyl groups is 1. The highest BCUT2D eigenvalue weighted by molar-refractivity contribution is 5.20. The molecule has 0 saturated heterocycles. The average molecular weight is 223 g/mol. The van der Waals surface area contributed by atoms with E-state index in [1.807, 2.05) is 0 Å². The molecule has 1 atom stereocenters. The van der Waals surface area contributed by atoms with Gasteiger partial charge in [-0.05, 0) is 32.2 Å². The van der Waals surface area contributed by atoms with Gasteiger partial charge in [0.2, 0.25) is 0 Å². The Labute approximate surface area is 96.5 Å². The van der Waals surface area contributed by atoms with Gasteiger partial charge in [0.15, 0.2) is 0 Å². The van der Waals surface area contributed by atoms with Crippen LogP contribution in [0.15, 0.2) is 0 Å². The van der Waals surface area contributed by atoms with Gasteiger partial charge in [0.1, 0.15) is 5.82 Å². The van der Waals surface area contributed by atoms with Crippen LogP contribution < -0.4 is 5.73 Å². The Morgan fingerprint density at radius 3 is 3.00 bits per heavy atom. The molecular weight excluding hydrogens is 202 g/mol. The van der Waals surface area contributed by atoms with Gasteiger partial charge in [-0.2, -0.15) is 0 Å². The quantitative estimate of drug-likeness (QED) is 0.805. The summed E-state index contributed by atoms with van der Waals surface area (Å²) in [6.45, 7) is 3.97. The number of nitrogens with zero attached hydrogens (tertiary/aromatic N) is 2. The summed E-state index contributed by atoms with van der Waals surface area (Å²) in [7, 11) is 0. The third kappa shape index (κ3) is 1.99. The molecular formula is C12H21N3O. The Balaban J connectivity index is 2.34. The van der Waals surface area contributed by atoms with Gasteiger partial charge < -0.3 is 15.4 Å². The molecule has 3 N–H and O–H groups in total. The minimum Gasteiger partial charge on any atom is -0.390 e. The van der Waals surface area contributed by atoms with E-state index in [1.54, 1.807) is 0 Å². The average Bonchev–Trinajstić information content (AvgIpc) is 2.68. The summed E-state index contributed by atoms with van der Waals surface area (Å²) in [5, 5.41) is 9.32. The van der Waals surface area contributed by atoms with Gasteiger partial charge in [0.05, 0.1) is 12.3 Å². The van der Waals surface area contributed by atoms with E-state index < -0.39 is 0 Å². The van der Waals surface area contributed by atoms with Crippen molar-refractivity contribution >= 4 is 0 Å². The summed E-state index contributed by atoms with van der Waals surface area (Å²) in [5.74, 6) is 1.51.